The molecule has 0 amide bonds. The van der Waals surface area contributed by atoms with Crippen LogP contribution in [0.5, 0.6) is 0 Å². The van der Waals surface area contributed by atoms with Crippen molar-refractivity contribution < 1.29 is 8.42 Å². The van der Waals surface area contributed by atoms with Gasteiger partial charge in [-0.15, -0.1) is 0 Å². The van der Waals surface area contributed by atoms with Crippen LogP contribution in [0, 0.1) is 5.92 Å². The van der Waals surface area contributed by atoms with E-state index in [1.807, 2.05) is 6.92 Å². The first kappa shape index (κ1) is 13.5. The molecule has 0 aliphatic heterocycles. The zero-order valence-corrected chi connectivity index (χ0v) is 13.3. The molecule has 0 spiro atoms. The van der Waals surface area contributed by atoms with E-state index in [1.54, 1.807) is 18.2 Å². The zero-order valence-electron chi connectivity index (χ0n) is 9.28. The zero-order chi connectivity index (χ0) is 12.6. The topological polar surface area (TPSA) is 46.2 Å². The average Bonchev–Trinajstić information content (AvgIpc) is 3.04. The van der Waals surface area contributed by atoms with Gasteiger partial charge in [0.05, 0.1) is 4.90 Å². The van der Waals surface area contributed by atoms with E-state index in [0.717, 1.165) is 17.3 Å². The van der Waals surface area contributed by atoms with Crippen LogP contribution in [-0.4, -0.2) is 14.5 Å². The summed E-state index contributed by atoms with van der Waals surface area (Å²) in [5.41, 5.74) is 0. The Labute approximate surface area is 118 Å². The monoisotopic (exact) mass is 381 g/mol. The molecule has 1 unspecified atom stereocenters. The van der Waals surface area contributed by atoms with Crippen LogP contribution >= 0.6 is 31.9 Å². The second-order valence-electron chi connectivity index (χ2n) is 4.32. The molecule has 1 atom stereocenters. The van der Waals surface area contributed by atoms with E-state index < -0.39 is 10.0 Å². The molecule has 3 nitrogen and oxygen atoms in total. The predicted molar refractivity (Wildman–Crippen MR) is 74.3 cm³/mol. The van der Waals surface area contributed by atoms with E-state index in [0.29, 0.717) is 10.4 Å². The van der Waals surface area contributed by atoms with Gasteiger partial charge in [0.1, 0.15) is 0 Å². The van der Waals surface area contributed by atoms with E-state index in [1.165, 1.54) is 0 Å². The van der Waals surface area contributed by atoms with Crippen LogP contribution in [0.4, 0.5) is 0 Å². The van der Waals surface area contributed by atoms with Crippen LogP contribution in [0.2, 0.25) is 0 Å². The summed E-state index contributed by atoms with van der Waals surface area (Å²) in [5.74, 6) is 0.496. The summed E-state index contributed by atoms with van der Waals surface area (Å²) in [4.78, 5) is 0.277. The van der Waals surface area contributed by atoms with Crippen LogP contribution in [0.15, 0.2) is 32.0 Å². The summed E-state index contributed by atoms with van der Waals surface area (Å²) in [6.07, 6.45) is 2.23. The first-order valence-corrected chi connectivity index (χ1v) is 8.44. The van der Waals surface area contributed by atoms with Gasteiger partial charge in [-0.2, -0.15) is 0 Å². The van der Waals surface area contributed by atoms with Gasteiger partial charge >= 0.3 is 0 Å². The molecule has 1 aliphatic carbocycles. The van der Waals surface area contributed by atoms with Crippen molar-refractivity contribution in [2.75, 3.05) is 0 Å². The molecule has 1 fully saturated rings. The summed E-state index contributed by atoms with van der Waals surface area (Å²) in [6.45, 7) is 1.92. The number of sulfonamides is 1. The number of hydrogen-bond donors (Lipinski definition) is 1. The molecule has 0 radical (unpaired) electrons. The molecule has 17 heavy (non-hydrogen) atoms. The Morgan fingerprint density at radius 2 is 2.00 bits per heavy atom. The standard InChI is InChI=1S/C11H13Br2NO2S/c1-7(8-2-3-8)14-17(15,16)11-6-9(12)4-5-10(11)13/h4-8,14H,2-3H2,1H3. The van der Waals surface area contributed by atoms with Crippen molar-refractivity contribution in [1.29, 1.82) is 0 Å². The largest absolute Gasteiger partial charge is 0.241 e. The summed E-state index contributed by atoms with van der Waals surface area (Å²) in [6, 6.07) is 5.13. The Balaban J connectivity index is 2.27. The maximum absolute atomic E-state index is 12.2. The molecule has 1 N–H and O–H groups in total. The van der Waals surface area contributed by atoms with Gasteiger partial charge in [0.25, 0.3) is 0 Å². The second kappa shape index (κ2) is 4.99. The molecule has 2 rings (SSSR count). The number of halogens is 2. The van der Waals surface area contributed by atoms with Gasteiger partial charge in [0, 0.05) is 15.0 Å². The molecule has 1 aromatic rings. The van der Waals surface area contributed by atoms with Gasteiger partial charge in [-0.3, -0.25) is 0 Å². The number of nitrogens with one attached hydrogen (secondary N) is 1. The maximum atomic E-state index is 12.2. The third-order valence-corrected chi connectivity index (χ3v) is 5.90. The van der Waals surface area contributed by atoms with Gasteiger partial charge in [0.2, 0.25) is 10.0 Å². The van der Waals surface area contributed by atoms with Gasteiger partial charge in [-0.05, 0) is 59.8 Å². The average molecular weight is 383 g/mol. The van der Waals surface area contributed by atoms with Gasteiger partial charge in [-0.25, -0.2) is 13.1 Å². The first-order chi connectivity index (χ1) is 7.90. The van der Waals surface area contributed by atoms with Crippen molar-refractivity contribution in [3.63, 3.8) is 0 Å². The van der Waals surface area contributed by atoms with Crippen LogP contribution < -0.4 is 4.72 Å². The van der Waals surface area contributed by atoms with Gasteiger partial charge < -0.3 is 0 Å². The van der Waals surface area contributed by atoms with E-state index in [-0.39, 0.29) is 10.9 Å². The second-order valence-corrected chi connectivity index (χ2v) is 7.77. The lowest BCUT2D eigenvalue weighted by Gasteiger charge is -2.14. The SMILES string of the molecule is CC(NS(=O)(=O)c1cc(Br)ccc1Br)C1CC1. The highest BCUT2D eigenvalue weighted by Gasteiger charge is 2.31. The molecule has 1 aromatic carbocycles. The number of rotatable bonds is 4. The minimum atomic E-state index is -3.44. The Kier molecular flexibility index (Phi) is 3.97. The molecule has 0 heterocycles. The minimum Gasteiger partial charge on any atom is -0.208 e. The highest BCUT2D eigenvalue weighted by Crippen LogP contribution is 2.33. The fraction of sp³-hybridized carbons (Fsp3) is 0.455. The fourth-order valence-electron chi connectivity index (χ4n) is 1.68. The highest BCUT2D eigenvalue weighted by atomic mass is 79.9. The van der Waals surface area contributed by atoms with E-state index in [2.05, 4.69) is 36.6 Å². The molecule has 1 aliphatic rings. The quantitative estimate of drug-likeness (QED) is 0.868. The molecule has 0 bridgehead atoms. The molecular weight excluding hydrogens is 370 g/mol. The lowest BCUT2D eigenvalue weighted by molar-refractivity contribution is 0.537. The smallest absolute Gasteiger partial charge is 0.208 e. The summed E-state index contributed by atoms with van der Waals surface area (Å²) in [5, 5.41) is 0. The Hall–Kier alpha value is 0.0900. The molecule has 1 saturated carbocycles. The molecular formula is C11H13Br2NO2S. The lowest BCUT2D eigenvalue weighted by atomic mass is 10.2. The summed E-state index contributed by atoms with van der Waals surface area (Å²) >= 11 is 6.55. The van der Waals surface area contributed by atoms with Crippen molar-refractivity contribution in [1.82, 2.24) is 4.72 Å². The van der Waals surface area contributed by atoms with E-state index in [9.17, 15) is 8.42 Å². The first-order valence-electron chi connectivity index (χ1n) is 5.37. The Bertz CT molecular complexity index is 526. The van der Waals surface area contributed by atoms with Crippen LogP contribution in [0.1, 0.15) is 19.8 Å². The maximum Gasteiger partial charge on any atom is 0.241 e. The number of benzene rings is 1. The third-order valence-electron chi connectivity index (χ3n) is 2.85. The van der Waals surface area contributed by atoms with Gasteiger partial charge in [0.15, 0.2) is 0 Å². The molecule has 6 heteroatoms. The molecule has 0 aromatic heterocycles. The highest BCUT2D eigenvalue weighted by molar-refractivity contribution is 9.11. The normalized spacial score (nSPS) is 18.1. The fourth-order valence-corrected chi connectivity index (χ4v) is 4.50. The third kappa shape index (κ3) is 3.30. The minimum absolute atomic E-state index is 0.00545. The predicted octanol–water partition coefficient (Wildman–Crippen LogP) is 3.29. The number of hydrogen-bond acceptors (Lipinski definition) is 2. The van der Waals surface area contributed by atoms with Crippen molar-refractivity contribution in [3.8, 4) is 0 Å². The van der Waals surface area contributed by atoms with Crippen LogP contribution in [0.3, 0.4) is 0 Å². The van der Waals surface area contributed by atoms with E-state index >= 15 is 0 Å². The lowest BCUT2D eigenvalue weighted by Crippen LogP contribution is -2.34. The van der Waals surface area contributed by atoms with Crippen LogP contribution in [-0.2, 0) is 10.0 Å². The van der Waals surface area contributed by atoms with E-state index in [4.69, 9.17) is 0 Å². The van der Waals surface area contributed by atoms with Crippen molar-refractivity contribution in [2.45, 2.75) is 30.7 Å². The molecule has 0 saturated heterocycles. The van der Waals surface area contributed by atoms with Crippen molar-refractivity contribution in [3.05, 3.63) is 27.1 Å². The Morgan fingerprint density at radius 1 is 1.35 bits per heavy atom. The summed E-state index contributed by atoms with van der Waals surface area (Å²) in [7, 11) is -3.44. The Morgan fingerprint density at radius 3 is 2.59 bits per heavy atom. The van der Waals surface area contributed by atoms with Crippen LogP contribution in [0.25, 0.3) is 0 Å². The van der Waals surface area contributed by atoms with Crippen molar-refractivity contribution in [2.24, 2.45) is 5.92 Å². The summed E-state index contributed by atoms with van der Waals surface area (Å²) < 4.78 is 28.4. The van der Waals surface area contributed by atoms with Gasteiger partial charge in [-0.1, -0.05) is 15.9 Å². The molecule has 94 valence electrons. The van der Waals surface area contributed by atoms with Crippen molar-refractivity contribution >= 4 is 41.9 Å².